The third-order valence-electron chi connectivity index (χ3n) is 3.74. The van der Waals surface area contributed by atoms with Gasteiger partial charge in [-0.1, -0.05) is 20.8 Å². The molecule has 28 heavy (non-hydrogen) atoms. The Hall–Kier alpha value is -2.39. The zero-order valence-corrected chi connectivity index (χ0v) is 17.4. The smallest absolute Gasteiger partial charge is 0.407 e. The summed E-state index contributed by atoms with van der Waals surface area (Å²) in [7, 11) is 0. The summed E-state index contributed by atoms with van der Waals surface area (Å²) in [6.45, 7) is 6.62. The van der Waals surface area contributed by atoms with Gasteiger partial charge in [0.1, 0.15) is 0 Å². The van der Waals surface area contributed by atoms with Gasteiger partial charge in [-0.25, -0.2) is 14.8 Å². The van der Waals surface area contributed by atoms with Crippen LogP contribution in [0.1, 0.15) is 25.6 Å². The lowest BCUT2D eigenvalue weighted by Gasteiger charge is -2.27. The van der Waals surface area contributed by atoms with Gasteiger partial charge in [-0.15, -0.1) is 11.3 Å². The minimum atomic E-state index is -0.974. The van der Waals surface area contributed by atoms with Crippen molar-refractivity contribution < 1.29 is 14.3 Å². The van der Waals surface area contributed by atoms with Crippen molar-refractivity contribution in [1.82, 2.24) is 19.9 Å². The highest BCUT2D eigenvalue weighted by Gasteiger charge is 2.23. The summed E-state index contributed by atoms with van der Waals surface area (Å²) in [5.74, 6) is -0.557. The van der Waals surface area contributed by atoms with Gasteiger partial charge in [0.25, 0.3) is 0 Å². The Morgan fingerprint density at radius 2 is 2.11 bits per heavy atom. The summed E-state index contributed by atoms with van der Waals surface area (Å²) in [5, 5.41) is 10.3. The van der Waals surface area contributed by atoms with E-state index in [-0.39, 0.29) is 12.0 Å². The number of hydrogen-bond donors (Lipinski definition) is 2. The molecule has 9 heteroatoms. The normalized spacial score (nSPS) is 11.6. The molecule has 0 spiro atoms. The maximum atomic E-state index is 14.3. The first-order valence-electron chi connectivity index (χ1n) is 8.61. The fraction of sp³-hybridized carbons (Fsp3) is 0.316. The first-order valence-corrected chi connectivity index (χ1v) is 10.2. The molecule has 0 unspecified atom stereocenters. The highest BCUT2D eigenvalue weighted by molar-refractivity contribution is 8.01. The van der Waals surface area contributed by atoms with E-state index in [0.29, 0.717) is 22.8 Å². The molecule has 0 saturated carbocycles. The predicted octanol–water partition coefficient (Wildman–Crippen LogP) is 5.35. The molecule has 0 saturated heterocycles. The van der Waals surface area contributed by atoms with Crippen LogP contribution < -0.4 is 0 Å². The molecule has 1 amide bonds. The first-order chi connectivity index (χ1) is 13.2. The van der Waals surface area contributed by atoms with Crippen LogP contribution in [0.2, 0.25) is 0 Å². The molecule has 0 aromatic carbocycles. The molecular weight excluding hydrogens is 399 g/mol. The van der Waals surface area contributed by atoms with Gasteiger partial charge in [-0.05, 0) is 35.4 Å². The molecule has 3 aromatic rings. The van der Waals surface area contributed by atoms with E-state index in [9.17, 15) is 14.3 Å². The minimum Gasteiger partial charge on any atom is -0.465 e. The highest BCUT2D eigenvalue weighted by Crippen LogP contribution is 2.42. The summed E-state index contributed by atoms with van der Waals surface area (Å²) in [6, 6.07) is 5.19. The van der Waals surface area contributed by atoms with Gasteiger partial charge in [-0.2, -0.15) is 4.39 Å². The van der Waals surface area contributed by atoms with E-state index in [1.54, 1.807) is 24.5 Å². The fourth-order valence-corrected chi connectivity index (χ4v) is 5.03. The number of thiophene rings is 1. The summed E-state index contributed by atoms with van der Waals surface area (Å²) in [6.07, 6.45) is 3.80. The van der Waals surface area contributed by atoms with Crippen molar-refractivity contribution >= 4 is 29.2 Å². The third-order valence-corrected chi connectivity index (χ3v) is 5.98. The van der Waals surface area contributed by atoms with Gasteiger partial charge in [0.05, 0.1) is 10.8 Å². The van der Waals surface area contributed by atoms with Crippen LogP contribution >= 0.6 is 23.1 Å². The lowest BCUT2D eigenvalue weighted by molar-refractivity contribution is 0.123. The molecule has 0 bridgehead atoms. The SMILES string of the molecule is CC(C)(C)CN(Cc1cc(-c2cccnc2F)c(Sc2ncc[nH]2)s1)C(=O)O. The largest absolute Gasteiger partial charge is 0.465 e. The average Bonchev–Trinajstić information content (AvgIpc) is 3.24. The van der Waals surface area contributed by atoms with Gasteiger partial charge in [-0.3, -0.25) is 0 Å². The molecule has 0 radical (unpaired) electrons. The maximum absolute atomic E-state index is 14.3. The Morgan fingerprint density at radius 1 is 1.32 bits per heavy atom. The van der Waals surface area contributed by atoms with Crippen LogP contribution in [0, 0.1) is 11.4 Å². The molecule has 3 heterocycles. The molecule has 6 nitrogen and oxygen atoms in total. The van der Waals surface area contributed by atoms with Crippen LogP contribution in [0.4, 0.5) is 9.18 Å². The molecule has 0 aliphatic carbocycles. The molecule has 0 fully saturated rings. The summed E-state index contributed by atoms with van der Waals surface area (Å²) in [5.41, 5.74) is 0.907. The summed E-state index contributed by atoms with van der Waals surface area (Å²) >= 11 is 2.82. The van der Waals surface area contributed by atoms with Gasteiger partial charge in [0.2, 0.25) is 5.95 Å². The molecular formula is C19H21FN4O2S2. The van der Waals surface area contributed by atoms with Crippen LogP contribution in [0.25, 0.3) is 11.1 Å². The Balaban J connectivity index is 1.96. The van der Waals surface area contributed by atoms with E-state index < -0.39 is 12.0 Å². The topological polar surface area (TPSA) is 82.1 Å². The lowest BCUT2D eigenvalue weighted by atomic mass is 9.96. The first kappa shape index (κ1) is 20.3. The maximum Gasteiger partial charge on any atom is 0.407 e. The number of rotatable bonds is 6. The Labute approximate surface area is 170 Å². The molecule has 148 valence electrons. The Kier molecular flexibility index (Phi) is 6.04. The van der Waals surface area contributed by atoms with Crippen LogP contribution in [0.15, 0.2) is 46.2 Å². The molecule has 2 N–H and O–H groups in total. The van der Waals surface area contributed by atoms with Crippen molar-refractivity contribution in [3.63, 3.8) is 0 Å². The van der Waals surface area contributed by atoms with Gasteiger partial charge < -0.3 is 15.0 Å². The standard InChI is InChI=1S/C19H21FN4O2S2/c1-19(2,3)11-24(18(25)26)10-12-9-14(13-5-4-6-21-15(13)20)16(27-12)28-17-22-7-8-23-17/h4-9H,10-11H2,1-3H3,(H,22,23)(H,25,26). The number of carbonyl (C=O) groups is 1. The minimum absolute atomic E-state index is 0.167. The number of carboxylic acid groups (broad SMARTS) is 1. The van der Waals surface area contributed by atoms with Crippen LogP contribution in [-0.2, 0) is 6.54 Å². The lowest BCUT2D eigenvalue weighted by Crippen LogP contribution is -2.36. The zero-order valence-electron chi connectivity index (χ0n) is 15.8. The molecule has 3 aromatic heterocycles. The van der Waals surface area contributed by atoms with Gasteiger partial charge in [0, 0.05) is 41.1 Å². The summed E-state index contributed by atoms with van der Waals surface area (Å²) in [4.78, 5) is 24.9. The second-order valence-electron chi connectivity index (χ2n) is 7.45. The van der Waals surface area contributed by atoms with Crippen molar-refractivity contribution in [1.29, 1.82) is 0 Å². The van der Waals surface area contributed by atoms with Crippen LogP contribution in [-0.4, -0.2) is 37.6 Å². The van der Waals surface area contributed by atoms with Crippen molar-refractivity contribution in [2.45, 2.75) is 36.7 Å². The number of hydrogen-bond acceptors (Lipinski definition) is 5. The van der Waals surface area contributed by atoms with Crippen molar-refractivity contribution in [2.75, 3.05) is 6.54 Å². The van der Waals surface area contributed by atoms with Gasteiger partial charge >= 0.3 is 6.09 Å². The second-order valence-corrected chi connectivity index (χ2v) is 9.85. The Bertz CT molecular complexity index is 951. The van der Waals surface area contributed by atoms with E-state index in [2.05, 4.69) is 15.0 Å². The number of nitrogens with zero attached hydrogens (tertiary/aromatic N) is 3. The van der Waals surface area contributed by atoms with Crippen LogP contribution in [0.3, 0.4) is 0 Å². The monoisotopic (exact) mass is 420 g/mol. The predicted molar refractivity (Wildman–Crippen MR) is 108 cm³/mol. The Morgan fingerprint density at radius 3 is 2.71 bits per heavy atom. The number of halogens is 1. The number of aromatic nitrogens is 3. The van der Waals surface area contributed by atoms with Crippen molar-refractivity contribution in [3.8, 4) is 11.1 Å². The van der Waals surface area contributed by atoms with E-state index in [1.165, 1.54) is 34.2 Å². The quantitative estimate of drug-likeness (QED) is 0.525. The van der Waals surface area contributed by atoms with Gasteiger partial charge in [0.15, 0.2) is 5.16 Å². The average molecular weight is 421 g/mol. The second kappa shape index (κ2) is 8.32. The summed E-state index contributed by atoms with van der Waals surface area (Å²) < 4.78 is 15.1. The van der Waals surface area contributed by atoms with Crippen LogP contribution in [0.5, 0.6) is 0 Å². The third kappa shape index (κ3) is 5.11. The van der Waals surface area contributed by atoms with Crippen molar-refractivity contribution in [3.05, 3.63) is 47.6 Å². The molecule has 0 aliphatic heterocycles. The number of imidazole rings is 1. The zero-order chi connectivity index (χ0) is 20.3. The van der Waals surface area contributed by atoms with E-state index in [4.69, 9.17) is 0 Å². The highest BCUT2D eigenvalue weighted by atomic mass is 32.2. The fourth-order valence-electron chi connectivity index (χ4n) is 2.70. The number of nitrogens with one attached hydrogen (secondary N) is 1. The van der Waals surface area contributed by atoms with Crippen molar-refractivity contribution in [2.24, 2.45) is 5.41 Å². The number of pyridine rings is 1. The number of aromatic amines is 1. The van der Waals surface area contributed by atoms with E-state index in [1.807, 2.05) is 26.8 Å². The molecule has 3 rings (SSSR count). The van der Waals surface area contributed by atoms with E-state index in [0.717, 1.165) is 9.09 Å². The number of amides is 1. The number of H-pyrrole nitrogens is 1. The van der Waals surface area contributed by atoms with E-state index >= 15 is 0 Å². The molecule has 0 aliphatic rings. The molecule has 0 atom stereocenters.